The monoisotopic (exact) mass is 374 g/mol. The highest BCUT2D eigenvalue weighted by Crippen LogP contribution is 2.42. The minimum Gasteiger partial charge on any atom is -0.395 e. The van der Waals surface area contributed by atoms with Crippen molar-refractivity contribution in [2.24, 2.45) is 0 Å². The number of rotatable bonds is 5. The summed E-state index contributed by atoms with van der Waals surface area (Å²) in [7, 11) is 0. The molecule has 3 rings (SSSR count). The third-order valence-electron chi connectivity index (χ3n) is 3.65. The predicted molar refractivity (Wildman–Crippen MR) is 94.4 cm³/mol. The lowest BCUT2D eigenvalue weighted by Gasteiger charge is -2.13. The highest BCUT2D eigenvalue weighted by atomic mass is 19.3. The summed E-state index contributed by atoms with van der Waals surface area (Å²) in [6.45, 7) is 1.50. The lowest BCUT2D eigenvalue weighted by atomic mass is 10.2. The van der Waals surface area contributed by atoms with Crippen molar-refractivity contribution in [1.29, 1.82) is 0 Å². The largest absolute Gasteiger partial charge is 0.586 e. The molecule has 2 aromatic carbocycles. The van der Waals surface area contributed by atoms with E-state index in [1.165, 1.54) is 31.2 Å². The number of amides is 2. The Morgan fingerprint density at radius 2 is 1.78 bits per heavy atom. The maximum atomic E-state index is 13.0. The van der Waals surface area contributed by atoms with Gasteiger partial charge < -0.3 is 20.1 Å². The van der Waals surface area contributed by atoms with E-state index in [4.69, 9.17) is 0 Å². The van der Waals surface area contributed by atoms with Crippen LogP contribution in [0.4, 0.5) is 14.5 Å². The lowest BCUT2D eigenvalue weighted by molar-refractivity contribution is -0.286. The number of nitrogens with one attached hydrogen (secondary N) is 2. The number of hydrogen-bond acceptors (Lipinski definition) is 4. The summed E-state index contributed by atoms with van der Waals surface area (Å²) in [6, 6.07) is 12.3. The van der Waals surface area contributed by atoms with Crippen LogP contribution < -0.4 is 20.1 Å². The smallest absolute Gasteiger partial charge is 0.395 e. The van der Waals surface area contributed by atoms with Crippen LogP contribution >= 0.6 is 0 Å². The van der Waals surface area contributed by atoms with Gasteiger partial charge in [-0.15, -0.1) is 8.78 Å². The van der Waals surface area contributed by atoms with Crippen LogP contribution in [0.2, 0.25) is 0 Å². The van der Waals surface area contributed by atoms with E-state index in [9.17, 15) is 18.4 Å². The van der Waals surface area contributed by atoms with Gasteiger partial charge in [0.1, 0.15) is 6.04 Å². The highest BCUT2D eigenvalue weighted by molar-refractivity contribution is 6.00. The first kappa shape index (κ1) is 18.4. The normalized spacial score (nSPS) is 15.4. The van der Waals surface area contributed by atoms with Crippen LogP contribution in [0, 0.1) is 0 Å². The molecule has 1 atom stereocenters. The molecule has 0 bridgehead atoms. The van der Waals surface area contributed by atoms with Crippen LogP contribution in [-0.4, -0.2) is 24.2 Å². The van der Waals surface area contributed by atoms with E-state index in [1.54, 1.807) is 6.08 Å². The molecule has 2 N–H and O–H groups in total. The second-order valence-electron chi connectivity index (χ2n) is 5.79. The van der Waals surface area contributed by atoms with Gasteiger partial charge in [0, 0.05) is 17.8 Å². The van der Waals surface area contributed by atoms with Crippen molar-refractivity contribution in [3.05, 3.63) is 60.2 Å². The fourth-order valence-corrected chi connectivity index (χ4v) is 2.34. The summed E-state index contributed by atoms with van der Waals surface area (Å²) in [5.41, 5.74) is 1.09. The van der Waals surface area contributed by atoms with E-state index >= 15 is 0 Å². The number of hydrogen-bond donors (Lipinski definition) is 2. The average Bonchev–Trinajstić information content (AvgIpc) is 2.94. The first-order chi connectivity index (χ1) is 12.8. The second kappa shape index (κ2) is 7.45. The van der Waals surface area contributed by atoms with E-state index < -0.39 is 24.2 Å². The summed E-state index contributed by atoms with van der Waals surface area (Å²) >= 11 is 0. The van der Waals surface area contributed by atoms with Crippen molar-refractivity contribution < 1.29 is 27.8 Å². The van der Waals surface area contributed by atoms with E-state index in [1.807, 2.05) is 30.3 Å². The van der Waals surface area contributed by atoms with Crippen LogP contribution in [0.25, 0.3) is 6.08 Å². The minimum atomic E-state index is -3.72. The Balaban J connectivity index is 1.55. The first-order valence-corrected chi connectivity index (χ1v) is 8.07. The van der Waals surface area contributed by atoms with Gasteiger partial charge in [0.2, 0.25) is 11.8 Å². The molecular formula is C19H16F2N2O4. The Labute approximate surface area is 153 Å². The van der Waals surface area contributed by atoms with Gasteiger partial charge >= 0.3 is 6.29 Å². The van der Waals surface area contributed by atoms with Gasteiger partial charge in [-0.1, -0.05) is 30.3 Å². The predicted octanol–water partition coefficient (Wildman–Crippen LogP) is 3.16. The number of benzene rings is 2. The zero-order valence-corrected chi connectivity index (χ0v) is 14.2. The van der Waals surface area contributed by atoms with E-state index in [2.05, 4.69) is 20.1 Å². The summed E-state index contributed by atoms with van der Waals surface area (Å²) in [5.74, 6) is -1.25. The van der Waals surface area contributed by atoms with Gasteiger partial charge in [-0.2, -0.15) is 0 Å². The average molecular weight is 374 g/mol. The fraction of sp³-hybridized carbons (Fsp3) is 0.158. The first-order valence-electron chi connectivity index (χ1n) is 8.07. The highest BCUT2D eigenvalue weighted by Gasteiger charge is 2.43. The molecule has 1 heterocycles. The zero-order chi connectivity index (χ0) is 19.4. The van der Waals surface area contributed by atoms with Crippen LogP contribution in [0.5, 0.6) is 11.5 Å². The molecule has 0 fully saturated rings. The van der Waals surface area contributed by atoms with Crippen molar-refractivity contribution in [1.82, 2.24) is 5.32 Å². The van der Waals surface area contributed by atoms with Gasteiger partial charge in [0.15, 0.2) is 11.5 Å². The van der Waals surface area contributed by atoms with Crippen LogP contribution in [0.15, 0.2) is 54.6 Å². The molecule has 140 valence electrons. The van der Waals surface area contributed by atoms with Crippen molar-refractivity contribution in [3.8, 4) is 11.5 Å². The number of carbonyl (C=O) groups is 2. The molecule has 27 heavy (non-hydrogen) atoms. The van der Waals surface area contributed by atoms with Gasteiger partial charge in [0.05, 0.1) is 0 Å². The number of carbonyl (C=O) groups excluding carboxylic acids is 2. The SMILES string of the molecule is CC(NC(=O)/C=C/c1ccccc1)C(=O)Nc1ccc2c(c1)OC(F)(F)O2. The molecule has 0 aromatic heterocycles. The Morgan fingerprint density at radius 3 is 2.52 bits per heavy atom. The van der Waals surface area contributed by atoms with Crippen molar-refractivity contribution in [3.63, 3.8) is 0 Å². The summed E-state index contributed by atoms with van der Waals surface area (Å²) in [5, 5.41) is 5.04. The Hall–Kier alpha value is -3.42. The maximum absolute atomic E-state index is 13.0. The summed E-state index contributed by atoms with van der Waals surface area (Å²) in [6.07, 6.45) is -0.781. The van der Waals surface area contributed by atoms with Crippen molar-refractivity contribution in [2.45, 2.75) is 19.3 Å². The molecule has 0 radical (unpaired) electrons. The number of alkyl halides is 2. The number of anilines is 1. The van der Waals surface area contributed by atoms with Gasteiger partial charge in [-0.25, -0.2) is 0 Å². The number of ether oxygens (including phenoxy) is 2. The maximum Gasteiger partial charge on any atom is 0.586 e. The third kappa shape index (κ3) is 4.81. The molecule has 0 spiro atoms. The third-order valence-corrected chi connectivity index (χ3v) is 3.65. The zero-order valence-electron chi connectivity index (χ0n) is 14.2. The quantitative estimate of drug-likeness (QED) is 0.789. The lowest BCUT2D eigenvalue weighted by Crippen LogP contribution is -2.40. The molecule has 1 aliphatic heterocycles. The summed E-state index contributed by atoms with van der Waals surface area (Å²) in [4.78, 5) is 24.1. The molecule has 2 aromatic rings. The summed E-state index contributed by atoms with van der Waals surface area (Å²) < 4.78 is 34.6. The molecular weight excluding hydrogens is 358 g/mol. The molecule has 6 nitrogen and oxygen atoms in total. The molecule has 2 amide bonds. The van der Waals surface area contributed by atoms with E-state index in [0.717, 1.165) is 5.56 Å². The van der Waals surface area contributed by atoms with Crippen LogP contribution in [0.1, 0.15) is 12.5 Å². The molecule has 1 unspecified atom stereocenters. The standard InChI is InChI=1S/C19H16F2N2O4/c1-12(22-17(24)10-7-13-5-3-2-4-6-13)18(25)23-14-8-9-15-16(11-14)27-19(20,21)26-15/h2-12H,1H3,(H,22,24)(H,23,25)/b10-7+. The topological polar surface area (TPSA) is 76.7 Å². The number of halogens is 2. The molecule has 0 saturated heterocycles. The fourth-order valence-electron chi connectivity index (χ4n) is 2.34. The van der Waals surface area contributed by atoms with Gasteiger partial charge in [-0.05, 0) is 30.7 Å². The second-order valence-corrected chi connectivity index (χ2v) is 5.79. The van der Waals surface area contributed by atoms with E-state index in [-0.39, 0.29) is 17.2 Å². The van der Waals surface area contributed by atoms with Crippen LogP contribution in [0.3, 0.4) is 0 Å². The molecule has 0 aliphatic carbocycles. The van der Waals surface area contributed by atoms with E-state index in [0.29, 0.717) is 0 Å². The van der Waals surface area contributed by atoms with Gasteiger partial charge in [0.25, 0.3) is 0 Å². The molecule has 0 saturated carbocycles. The van der Waals surface area contributed by atoms with Gasteiger partial charge in [-0.3, -0.25) is 9.59 Å². The van der Waals surface area contributed by atoms with Crippen LogP contribution in [-0.2, 0) is 9.59 Å². The van der Waals surface area contributed by atoms with Crippen molar-refractivity contribution in [2.75, 3.05) is 5.32 Å². The molecule has 1 aliphatic rings. The Bertz CT molecular complexity index is 885. The Kier molecular flexibility index (Phi) is 5.07. The van der Waals surface area contributed by atoms with Crippen molar-refractivity contribution >= 4 is 23.6 Å². The Morgan fingerprint density at radius 1 is 1.07 bits per heavy atom. The number of fused-ring (bicyclic) bond motifs is 1. The minimum absolute atomic E-state index is 0.120. The molecule has 8 heteroatoms.